The second kappa shape index (κ2) is 4.72. The fourth-order valence-corrected chi connectivity index (χ4v) is 2.67. The highest BCUT2D eigenvalue weighted by Crippen LogP contribution is 2.25. The molecule has 0 fully saturated rings. The van der Waals surface area contributed by atoms with Crippen LogP contribution in [0.3, 0.4) is 0 Å². The number of hydrogen-bond acceptors (Lipinski definition) is 4. The van der Waals surface area contributed by atoms with Crippen LogP contribution in [0.4, 0.5) is 0 Å². The van der Waals surface area contributed by atoms with Gasteiger partial charge in [0, 0.05) is 11.8 Å². The zero-order valence-electron chi connectivity index (χ0n) is 11.1. The fraction of sp³-hybridized carbons (Fsp3) is 0.214. The minimum absolute atomic E-state index is 0.140. The number of fused-ring (bicyclic) bond motifs is 1. The molecular formula is C14H13N3O2S. The Morgan fingerprint density at radius 1 is 1.40 bits per heavy atom. The molecule has 3 aromatic rings. The van der Waals surface area contributed by atoms with Crippen molar-refractivity contribution in [2.45, 2.75) is 19.8 Å². The first-order valence-electron chi connectivity index (χ1n) is 6.24. The quantitative estimate of drug-likeness (QED) is 0.802. The molecule has 0 atom stereocenters. The number of rotatable bonds is 3. The van der Waals surface area contributed by atoms with Gasteiger partial charge < -0.3 is 5.11 Å². The SMILES string of the molecule is CC(C)c1cc(C(=O)O)n2nc(-c3cccs3)cc2n1. The van der Waals surface area contributed by atoms with Crippen molar-refractivity contribution < 1.29 is 9.90 Å². The van der Waals surface area contributed by atoms with Crippen LogP contribution in [0.2, 0.25) is 0 Å². The number of hydrogen-bond donors (Lipinski definition) is 1. The molecule has 5 nitrogen and oxygen atoms in total. The topological polar surface area (TPSA) is 67.5 Å². The van der Waals surface area contributed by atoms with Gasteiger partial charge in [-0.05, 0) is 23.4 Å². The summed E-state index contributed by atoms with van der Waals surface area (Å²) in [4.78, 5) is 16.9. The van der Waals surface area contributed by atoms with Crippen LogP contribution in [0, 0.1) is 0 Å². The molecule has 0 radical (unpaired) electrons. The lowest BCUT2D eigenvalue weighted by molar-refractivity contribution is 0.0687. The van der Waals surface area contributed by atoms with E-state index < -0.39 is 5.97 Å². The third kappa shape index (κ3) is 2.08. The van der Waals surface area contributed by atoms with Crippen LogP contribution in [-0.2, 0) is 0 Å². The van der Waals surface area contributed by atoms with Gasteiger partial charge in [0.2, 0.25) is 0 Å². The maximum atomic E-state index is 11.4. The molecule has 0 saturated carbocycles. The number of aromatic nitrogens is 3. The van der Waals surface area contributed by atoms with Crippen molar-refractivity contribution in [3.8, 4) is 10.6 Å². The van der Waals surface area contributed by atoms with E-state index in [9.17, 15) is 9.90 Å². The van der Waals surface area contributed by atoms with E-state index in [2.05, 4.69) is 10.1 Å². The van der Waals surface area contributed by atoms with Crippen molar-refractivity contribution in [2.24, 2.45) is 0 Å². The molecular weight excluding hydrogens is 274 g/mol. The highest BCUT2D eigenvalue weighted by Gasteiger charge is 2.16. The Bertz CT molecular complexity index is 775. The van der Waals surface area contributed by atoms with Crippen LogP contribution in [-0.4, -0.2) is 25.7 Å². The van der Waals surface area contributed by atoms with Gasteiger partial charge >= 0.3 is 5.97 Å². The van der Waals surface area contributed by atoms with Crippen LogP contribution in [0.25, 0.3) is 16.2 Å². The summed E-state index contributed by atoms with van der Waals surface area (Å²) >= 11 is 1.56. The van der Waals surface area contributed by atoms with Crippen molar-refractivity contribution in [1.29, 1.82) is 0 Å². The summed E-state index contributed by atoms with van der Waals surface area (Å²) < 4.78 is 1.39. The molecule has 0 spiro atoms. The molecule has 0 unspecified atom stereocenters. The number of carbonyl (C=O) groups is 1. The Morgan fingerprint density at radius 3 is 2.80 bits per heavy atom. The third-order valence-electron chi connectivity index (χ3n) is 3.03. The molecule has 3 heterocycles. The normalized spacial score (nSPS) is 11.3. The molecule has 0 saturated heterocycles. The van der Waals surface area contributed by atoms with E-state index in [1.807, 2.05) is 37.4 Å². The average Bonchev–Trinajstić information content (AvgIpc) is 3.05. The summed E-state index contributed by atoms with van der Waals surface area (Å²) in [6.45, 7) is 3.97. The predicted octanol–water partition coefficient (Wildman–Crippen LogP) is 3.28. The zero-order chi connectivity index (χ0) is 14.3. The minimum Gasteiger partial charge on any atom is -0.477 e. The van der Waals surface area contributed by atoms with Gasteiger partial charge in [-0.2, -0.15) is 5.10 Å². The van der Waals surface area contributed by atoms with Gasteiger partial charge in [0.1, 0.15) is 5.69 Å². The lowest BCUT2D eigenvalue weighted by atomic mass is 10.1. The zero-order valence-corrected chi connectivity index (χ0v) is 11.9. The number of carboxylic acid groups (broad SMARTS) is 1. The molecule has 0 bridgehead atoms. The van der Waals surface area contributed by atoms with Crippen molar-refractivity contribution >= 4 is 23.0 Å². The Morgan fingerprint density at radius 2 is 2.20 bits per heavy atom. The number of carboxylic acids is 1. The molecule has 0 aliphatic heterocycles. The van der Waals surface area contributed by atoms with Crippen molar-refractivity contribution in [2.75, 3.05) is 0 Å². The first kappa shape index (κ1) is 12.8. The van der Waals surface area contributed by atoms with Crippen LogP contribution in [0.15, 0.2) is 29.6 Å². The van der Waals surface area contributed by atoms with Crippen LogP contribution < -0.4 is 0 Å². The van der Waals surface area contributed by atoms with Gasteiger partial charge in [0.05, 0.1) is 4.88 Å². The number of nitrogens with zero attached hydrogens (tertiary/aromatic N) is 3. The van der Waals surface area contributed by atoms with Crippen molar-refractivity contribution in [3.63, 3.8) is 0 Å². The van der Waals surface area contributed by atoms with Crippen molar-refractivity contribution in [1.82, 2.24) is 14.6 Å². The molecule has 3 aromatic heterocycles. The second-order valence-electron chi connectivity index (χ2n) is 4.80. The first-order chi connectivity index (χ1) is 9.56. The van der Waals surface area contributed by atoms with E-state index in [1.54, 1.807) is 17.4 Å². The van der Waals surface area contributed by atoms with E-state index in [0.717, 1.165) is 16.3 Å². The maximum Gasteiger partial charge on any atom is 0.354 e. The fourth-order valence-electron chi connectivity index (χ4n) is 1.99. The molecule has 0 amide bonds. The molecule has 1 N–H and O–H groups in total. The highest BCUT2D eigenvalue weighted by molar-refractivity contribution is 7.13. The number of thiophene rings is 1. The van der Waals surface area contributed by atoms with Crippen molar-refractivity contribution in [3.05, 3.63) is 41.0 Å². The second-order valence-corrected chi connectivity index (χ2v) is 5.75. The van der Waals surface area contributed by atoms with Gasteiger partial charge in [0.15, 0.2) is 11.3 Å². The van der Waals surface area contributed by atoms with E-state index in [-0.39, 0.29) is 11.6 Å². The lowest BCUT2D eigenvalue weighted by Gasteiger charge is -2.06. The molecule has 0 aliphatic carbocycles. The largest absolute Gasteiger partial charge is 0.477 e. The van der Waals surface area contributed by atoms with Gasteiger partial charge in [0.25, 0.3) is 0 Å². The monoisotopic (exact) mass is 287 g/mol. The van der Waals surface area contributed by atoms with Gasteiger partial charge in [-0.15, -0.1) is 11.3 Å². The summed E-state index contributed by atoms with van der Waals surface area (Å²) in [5.74, 6) is -0.835. The number of aromatic carboxylic acids is 1. The van der Waals surface area contributed by atoms with E-state index in [0.29, 0.717) is 5.65 Å². The minimum atomic E-state index is -1.000. The Labute approximate surface area is 119 Å². The van der Waals surface area contributed by atoms with E-state index >= 15 is 0 Å². The van der Waals surface area contributed by atoms with Crippen LogP contribution in [0.1, 0.15) is 35.9 Å². The molecule has 102 valence electrons. The summed E-state index contributed by atoms with van der Waals surface area (Å²) in [6.07, 6.45) is 0. The predicted molar refractivity (Wildman–Crippen MR) is 77.3 cm³/mol. The lowest BCUT2D eigenvalue weighted by Crippen LogP contribution is -2.09. The Kier molecular flexibility index (Phi) is 3.02. The van der Waals surface area contributed by atoms with Gasteiger partial charge in [-0.3, -0.25) is 0 Å². The average molecular weight is 287 g/mol. The van der Waals surface area contributed by atoms with E-state index in [4.69, 9.17) is 0 Å². The summed E-state index contributed by atoms with van der Waals surface area (Å²) in [5.41, 5.74) is 2.21. The highest BCUT2D eigenvalue weighted by atomic mass is 32.1. The standard InChI is InChI=1S/C14H13N3O2S/c1-8(2)9-6-11(14(18)19)17-13(15-9)7-10(16-17)12-4-3-5-20-12/h3-8H,1-2H3,(H,18,19). The summed E-state index contributed by atoms with van der Waals surface area (Å²) in [5, 5.41) is 15.7. The Balaban J connectivity index is 2.26. The molecule has 0 aliphatic rings. The first-order valence-corrected chi connectivity index (χ1v) is 7.12. The van der Waals surface area contributed by atoms with Crippen LogP contribution in [0.5, 0.6) is 0 Å². The Hall–Kier alpha value is -2.21. The van der Waals surface area contributed by atoms with Crippen LogP contribution >= 0.6 is 11.3 Å². The smallest absolute Gasteiger partial charge is 0.354 e. The molecule has 0 aromatic carbocycles. The third-order valence-corrected chi connectivity index (χ3v) is 3.92. The summed E-state index contributed by atoms with van der Waals surface area (Å²) in [6, 6.07) is 7.31. The molecule has 20 heavy (non-hydrogen) atoms. The molecule has 6 heteroatoms. The molecule has 3 rings (SSSR count). The maximum absolute atomic E-state index is 11.4. The summed E-state index contributed by atoms with van der Waals surface area (Å²) in [7, 11) is 0. The van der Waals surface area contributed by atoms with Gasteiger partial charge in [-0.25, -0.2) is 14.3 Å². The van der Waals surface area contributed by atoms with E-state index in [1.165, 1.54) is 4.52 Å². The van der Waals surface area contributed by atoms with Gasteiger partial charge in [-0.1, -0.05) is 19.9 Å².